The van der Waals surface area contributed by atoms with Crippen molar-refractivity contribution in [1.82, 2.24) is 9.13 Å². The van der Waals surface area contributed by atoms with Crippen molar-refractivity contribution < 1.29 is 4.42 Å². The fourth-order valence-corrected chi connectivity index (χ4v) is 8.22. The number of fused-ring (bicyclic) bond motifs is 9. The highest BCUT2D eigenvalue weighted by Crippen LogP contribution is 2.40. The van der Waals surface area contributed by atoms with E-state index in [1.165, 1.54) is 54.7 Å². The summed E-state index contributed by atoms with van der Waals surface area (Å²) in [6, 6.07) is 65.5. The van der Waals surface area contributed by atoms with Crippen LogP contribution in [0.3, 0.4) is 0 Å². The van der Waals surface area contributed by atoms with Gasteiger partial charge in [-0.05, 0) is 83.4 Å². The Morgan fingerprint density at radius 3 is 1.75 bits per heavy atom. The molecule has 51 heavy (non-hydrogen) atoms. The second kappa shape index (κ2) is 10.8. The van der Waals surface area contributed by atoms with E-state index in [0.717, 1.165) is 44.4 Å². The number of furan rings is 1. The van der Waals surface area contributed by atoms with E-state index in [-0.39, 0.29) is 0 Å². The molecule has 3 aromatic heterocycles. The van der Waals surface area contributed by atoms with Crippen molar-refractivity contribution in [2.24, 2.45) is 0 Å². The van der Waals surface area contributed by atoms with Crippen LogP contribution in [-0.4, -0.2) is 9.13 Å². The van der Waals surface area contributed by atoms with Gasteiger partial charge < -0.3 is 13.6 Å². The molecule has 0 atom stereocenters. The van der Waals surface area contributed by atoms with E-state index in [9.17, 15) is 0 Å². The molecular formula is C48H30N2O. The van der Waals surface area contributed by atoms with Crippen molar-refractivity contribution in [2.75, 3.05) is 0 Å². The van der Waals surface area contributed by atoms with Crippen LogP contribution >= 0.6 is 0 Å². The average molecular weight is 651 g/mol. The molecule has 0 spiro atoms. The minimum absolute atomic E-state index is 0.902. The van der Waals surface area contributed by atoms with E-state index in [1.54, 1.807) is 0 Å². The molecule has 238 valence electrons. The lowest BCUT2D eigenvalue weighted by molar-refractivity contribution is 0.669. The first-order chi connectivity index (χ1) is 25.3. The van der Waals surface area contributed by atoms with Crippen molar-refractivity contribution in [3.05, 3.63) is 182 Å². The van der Waals surface area contributed by atoms with Crippen molar-refractivity contribution in [3.63, 3.8) is 0 Å². The summed E-state index contributed by atoms with van der Waals surface area (Å²) in [7, 11) is 0. The van der Waals surface area contributed by atoms with Gasteiger partial charge in [0.1, 0.15) is 11.2 Å². The lowest BCUT2D eigenvalue weighted by Gasteiger charge is -2.14. The third-order valence-electron chi connectivity index (χ3n) is 10.5. The second-order valence-corrected chi connectivity index (χ2v) is 13.3. The molecule has 0 aliphatic carbocycles. The Morgan fingerprint density at radius 2 is 0.882 bits per heavy atom. The number of para-hydroxylation sites is 5. The van der Waals surface area contributed by atoms with Gasteiger partial charge in [-0.25, -0.2) is 0 Å². The zero-order valence-electron chi connectivity index (χ0n) is 27.6. The summed E-state index contributed by atoms with van der Waals surface area (Å²) in [5, 5.41) is 7.27. The number of hydrogen-bond donors (Lipinski definition) is 0. The molecule has 3 nitrogen and oxygen atoms in total. The molecule has 11 rings (SSSR count). The monoisotopic (exact) mass is 650 g/mol. The number of hydrogen-bond acceptors (Lipinski definition) is 1. The summed E-state index contributed by atoms with van der Waals surface area (Å²) < 4.78 is 11.1. The van der Waals surface area contributed by atoms with E-state index in [4.69, 9.17) is 4.42 Å². The highest BCUT2D eigenvalue weighted by molar-refractivity contribution is 6.13. The molecule has 8 aromatic carbocycles. The van der Waals surface area contributed by atoms with Crippen molar-refractivity contribution in [1.29, 1.82) is 0 Å². The van der Waals surface area contributed by atoms with Crippen molar-refractivity contribution >= 4 is 65.6 Å². The van der Waals surface area contributed by atoms with Gasteiger partial charge >= 0.3 is 0 Å². The van der Waals surface area contributed by atoms with Crippen LogP contribution in [-0.2, 0) is 0 Å². The van der Waals surface area contributed by atoms with Crippen LogP contribution in [0.2, 0.25) is 0 Å². The first-order valence-corrected chi connectivity index (χ1v) is 17.4. The fourth-order valence-electron chi connectivity index (χ4n) is 8.22. The van der Waals surface area contributed by atoms with E-state index in [2.05, 4.69) is 179 Å². The molecule has 0 amide bonds. The van der Waals surface area contributed by atoms with Crippen LogP contribution in [0.5, 0.6) is 0 Å². The Balaban J connectivity index is 1.10. The molecule has 0 unspecified atom stereocenters. The van der Waals surface area contributed by atoms with E-state index < -0.39 is 0 Å². The number of aromatic nitrogens is 2. The van der Waals surface area contributed by atoms with Crippen LogP contribution in [0.1, 0.15) is 0 Å². The van der Waals surface area contributed by atoms with Gasteiger partial charge in [0.25, 0.3) is 0 Å². The maximum atomic E-state index is 6.31. The number of benzene rings is 8. The summed E-state index contributed by atoms with van der Waals surface area (Å²) in [4.78, 5) is 0. The molecule has 0 aliphatic heterocycles. The fraction of sp³-hybridized carbons (Fsp3) is 0. The Kier molecular flexibility index (Phi) is 5.96. The molecule has 0 aliphatic rings. The van der Waals surface area contributed by atoms with Crippen LogP contribution in [0.4, 0.5) is 0 Å². The third kappa shape index (κ3) is 4.19. The lowest BCUT2D eigenvalue weighted by atomic mass is 10.0. The van der Waals surface area contributed by atoms with E-state index in [1.807, 2.05) is 12.1 Å². The topological polar surface area (TPSA) is 23.0 Å². The molecule has 0 radical (unpaired) electrons. The molecule has 0 fully saturated rings. The maximum absolute atomic E-state index is 6.31. The summed E-state index contributed by atoms with van der Waals surface area (Å²) in [5.74, 6) is 0. The van der Waals surface area contributed by atoms with E-state index >= 15 is 0 Å². The van der Waals surface area contributed by atoms with Crippen LogP contribution in [0.25, 0.3) is 99.2 Å². The predicted molar refractivity (Wildman–Crippen MR) is 213 cm³/mol. The SMILES string of the molecule is c1ccc(-n2c3ccccc3c3ccc(-c4ccc5c(c4)c4ccccc4n5-c4ccccc4-c4ccc5c(c4)oc4ccccc45)cc32)cc1. The Morgan fingerprint density at radius 1 is 0.314 bits per heavy atom. The summed E-state index contributed by atoms with van der Waals surface area (Å²) >= 11 is 0. The number of rotatable bonds is 4. The van der Waals surface area contributed by atoms with Crippen molar-refractivity contribution in [3.8, 4) is 33.6 Å². The average Bonchev–Trinajstić information content (AvgIpc) is 3.85. The Hall–Kier alpha value is -6.84. The molecule has 0 bridgehead atoms. The molecule has 0 N–H and O–H groups in total. The van der Waals surface area contributed by atoms with Crippen LogP contribution in [0.15, 0.2) is 186 Å². The predicted octanol–water partition coefficient (Wildman–Crippen LogP) is 13.1. The van der Waals surface area contributed by atoms with Gasteiger partial charge in [-0.15, -0.1) is 0 Å². The largest absolute Gasteiger partial charge is 0.456 e. The Labute approximate surface area is 293 Å². The molecule has 0 saturated heterocycles. The second-order valence-electron chi connectivity index (χ2n) is 13.3. The summed E-state index contributed by atoms with van der Waals surface area (Å²) in [6.07, 6.45) is 0. The van der Waals surface area contributed by atoms with Gasteiger partial charge in [-0.3, -0.25) is 0 Å². The number of nitrogens with zero attached hydrogens (tertiary/aromatic N) is 2. The summed E-state index contributed by atoms with van der Waals surface area (Å²) in [5.41, 5.74) is 13.6. The normalized spacial score (nSPS) is 11.9. The lowest BCUT2D eigenvalue weighted by Crippen LogP contribution is -1.97. The molecular weight excluding hydrogens is 621 g/mol. The van der Waals surface area contributed by atoms with Crippen LogP contribution < -0.4 is 0 Å². The maximum Gasteiger partial charge on any atom is 0.136 e. The van der Waals surface area contributed by atoms with Gasteiger partial charge in [0.2, 0.25) is 0 Å². The minimum atomic E-state index is 0.902. The zero-order valence-corrected chi connectivity index (χ0v) is 27.6. The smallest absolute Gasteiger partial charge is 0.136 e. The van der Waals surface area contributed by atoms with Crippen LogP contribution in [0, 0.1) is 0 Å². The molecule has 3 heterocycles. The highest BCUT2D eigenvalue weighted by Gasteiger charge is 2.18. The van der Waals surface area contributed by atoms with Gasteiger partial charge in [0.05, 0.1) is 27.8 Å². The van der Waals surface area contributed by atoms with Gasteiger partial charge in [-0.1, -0.05) is 115 Å². The van der Waals surface area contributed by atoms with Gasteiger partial charge in [-0.2, -0.15) is 0 Å². The highest BCUT2D eigenvalue weighted by atomic mass is 16.3. The Bertz CT molecular complexity index is 3140. The van der Waals surface area contributed by atoms with Crippen molar-refractivity contribution in [2.45, 2.75) is 0 Å². The molecule has 11 aromatic rings. The molecule has 3 heteroatoms. The van der Waals surface area contributed by atoms with Gasteiger partial charge in [0.15, 0.2) is 0 Å². The first-order valence-electron chi connectivity index (χ1n) is 17.4. The standard InChI is InChI=1S/C48H30N2O/c1-2-12-34(13-3-1)49-43-19-9-5-15-36(43)38-25-22-32(29-46(38)49)31-24-27-45-41(28-31)37-16-6-10-20-44(37)50(45)42-18-8-4-14-35(42)33-23-26-40-39-17-7-11-21-47(39)51-48(40)30-33/h1-30H. The third-order valence-corrected chi connectivity index (χ3v) is 10.5. The first kappa shape index (κ1) is 28.0. The van der Waals surface area contributed by atoms with Gasteiger partial charge in [0, 0.05) is 43.6 Å². The molecule has 0 saturated carbocycles. The zero-order chi connectivity index (χ0) is 33.5. The minimum Gasteiger partial charge on any atom is -0.456 e. The van der Waals surface area contributed by atoms with E-state index in [0.29, 0.717) is 0 Å². The summed E-state index contributed by atoms with van der Waals surface area (Å²) in [6.45, 7) is 0. The quantitative estimate of drug-likeness (QED) is 0.186.